The Morgan fingerprint density at radius 1 is 0.731 bits per heavy atom. The van der Waals surface area contributed by atoms with Gasteiger partial charge >= 0.3 is 0 Å². The van der Waals surface area contributed by atoms with E-state index >= 15 is 0 Å². The molecule has 3 aromatic carbocycles. The molecule has 1 aliphatic rings. The summed E-state index contributed by atoms with van der Waals surface area (Å²) < 4.78 is 33.2. The van der Waals surface area contributed by atoms with Crippen molar-refractivity contribution in [1.29, 1.82) is 0 Å². The molecule has 0 spiro atoms. The third-order valence-corrected chi connectivity index (χ3v) is 6.40. The summed E-state index contributed by atoms with van der Waals surface area (Å²) in [5, 5.41) is 0. The fourth-order valence-corrected chi connectivity index (χ4v) is 4.55. The Morgan fingerprint density at radius 2 is 1.35 bits per heavy atom. The molecule has 3 aromatic rings. The number of sulfonamides is 1. The largest absolute Gasteiger partial charge is 0.457 e. The molecule has 5 heteroatoms. The number of nitrogens with zero attached hydrogens (tertiary/aromatic N) is 1. The van der Waals surface area contributed by atoms with E-state index in [0.29, 0.717) is 18.8 Å². The van der Waals surface area contributed by atoms with Gasteiger partial charge in [-0.1, -0.05) is 42.5 Å². The summed E-state index contributed by atoms with van der Waals surface area (Å²) >= 11 is 0. The van der Waals surface area contributed by atoms with Crippen LogP contribution in [0, 0.1) is 0 Å². The van der Waals surface area contributed by atoms with E-state index in [2.05, 4.69) is 6.07 Å². The minimum Gasteiger partial charge on any atom is -0.457 e. The number of hydrogen-bond donors (Lipinski definition) is 0. The lowest BCUT2D eigenvalue weighted by Crippen LogP contribution is -2.35. The Labute approximate surface area is 153 Å². The highest BCUT2D eigenvalue weighted by molar-refractivity contribution is 7.89. The molecule has 0 aromatic heterocycles. The zero-order valence-corrected chi connectivity index (χ0v) is 15.0. The van der Waals surface area contributed by atoms with Gasteiger partial charge in [-0.15, -0.1) is 0 Å². The fourth-order valence-electron chi connectivity index (χ4n) is 3.13. The van der Waals surface area contributed by atoms with Crippen molar-refractivity contribution in [2.75, 3.05) is 6.54 Å². The maximum absolute atomic E-state index is 13.0. The summed E-state index contributed by atoms with van der Waals surface area (Å²) in [5.74, 6) is 1.33. The molecule has 0 N–H and O–H groups in total. The monoisotopic (exact) mass is 365 g/mol. The minimum absolute atomic E-state index is 0.289. The summed E-state index contributed by atoms with van der Waals surface area (Å²) in [4.78, 5) is 0.289. The first-order valence-corrected chi connectivity index (χ1v) is 9.97. The normalized spacial score (nSPS) is 14.6. The van der Waals surface area contributed by atoms with E-state index in [1.807, 2.05) is 48.5 Å². The van der Waals surface area contributed by atoms with E-state index in [4.69, 9.17) is 4.74 Å². The van der Waals surface area contributed by atoms with E-state index in [1.54, 1.807) is 28.6 Å². The van der Waals surface area contributed by atoms with Gasteiger partial charge in [-0.2, -0.15) is 4.31 Å². The Balaban J connectivity index is 1.53. The highest BCUT2D eigenvalue weighted by Crippen LogP contribution is 2.27. The first-order chi connectivity index (χ1) is 12.6. The summed E-state index contributed by atoms with van der Waals surface area (Å²) in [6, 6.07) is 24.0. The van der Waals surface area contributed by atoms with Crippen molar-refractivity contribution < 1.29 is 13.2 Å². The van der Waals surface area contributed by atoms with Gasteiger partial charge in [0.2, 0.25) is 10.0 Å². The van der Waals surface area contributed by atoms with Crippen LogP contribution in [0.25, 0.3) is 0 Å². The van der Waals surface area contributed by atoms with Gasteiger partial charge in [0.25, 0.3) is 0 Å². The van der Waals surface area contributed by atoms with Crippen molar-refractivity contribution in [3.05, 3.63) is 90.0 Å². The van der Waals surface area contributed by atoms with Crippen LogP contribution in [-0.2, 0) is 23.0 Å². The van der Waals surface area contributed by atoms with Crippen LogP contribution in [0.15, 0.2) is 83.8 Å². The molecule has 0 fully saturated rings. The van der Waals surface area contributed by atoms with E-state index in [1.165, 1.54) is 5.56 Å². The lowest BCUT2D eigenvalue weighted by molar-refractivity contribution is 0.391. The second kappa shape index (κ2) is 6.94. The molecule has 0 aliphatic carbocycles. The lowest BCUT2D eigenvalue weighted by Gasteiger charge is -2.28. The van der Waals surface area contributed by atoms with Gasteiger partial charge in [0, 0.05) is 13.1 Å². The van der Waals surface area contributed by atoms with E-state index in [-0.39, 0.29) is 4.90 Å². The molecule has 26 heavy (non-hydrogen) atoms. The van der Waals surface area contributed by atoms with Crippen molar-refractivity contribution in [3.63, 3.8) is 0 Å². The molecule has 1 aliphatic heterocycles. The summed E-state index contributed by atoms with van der Waals surface area (Å²) in [6.07, 6.45) is 0.741. The van der Waals surface area contributed by atoms with Crippen LogP contribution in [0.2, 0.25) is 0 Å². The molecule has 0 bridgehead atoms. The average Bonchev–Trinajstić information content (AvgIpc) is 2.69. The molecular weight excluding hydrogens is 346 g/mol. The standard InChI is InChI=1S/C21H19NO3S/c23-26(24,22-15-14-17-6-4-5-7-18(17)16-22)21-12-10-20(11-13-21)25-19-8-2-1-3-9-19/h1-13H,14-16H2. The van der Waals surface area contributed by atoms with Gasteiger partial charge < -0.3 is 4.74 Å². The van der Waals surface area contributed by atoms with Crippen molar-refractivity contribution in [2.45, 2.75) is 17.9 Å². The van der Waals surface area contributed by atoms with Crippen molar-refractivity contribution in [1.82, 2.24) is 4.31 Å². The first kappa shape index (κ1) is 16.8. The molecule has 0 atom stereocenters. The fraction of sp³-hybridized carbons (Fsp3) is 0.143. The van der Waals surface area contributed by atoms with E-state index < -0.39 is 10.0 Å². The maximum Gasteiger partial charge on any atom is 0.243 e. The van der Waals surface area contributed by atoms with E-state index in [0.717, 1.165) is 17.7 Å². The van der Waals surface area contributed by atoms with Crippen LogP contribution in [0.5, 0.6) is 11.5 Å². The Hall–Kier alpha value is -2.63. The Kier molecular flexibility index (Phi) is 4.49. The number of rotatable bonds is 4. The van der Waals surface area contributed by atoms with Gasteiger partial charge in [-0.25, -0.2) is 8.42 Å². The predicted octanol–water partition coefficient (Wildman–Crippen LogP) is 4.23. The number of para-hydroxylation sites is 1. The number of ether oxygens (including phenoxy) is 1. The minimum atomic E-state index is -3.52. The molecular formula is C21H19NO3S. The lowest BCUT2D eigenvalue weighted by atomic mass is 10.0. The molecule has 132 valence electrons. The second-order valence-corrected chi connectivity index (χ2v) is 8.18. The van der Waals surface area contributed by atoms with Gasteiger partial charge in [0.1, 0.15) is 11.5 Å². The molecule has 0 radical (unpaired) electrons. The molecule has 1 heterocycles. The van der Waals surface area contributed by atoms with Crippen LogP contribution in [0.3, 0.4) is 0 Å². The van der Waals surface area contributed by atoms with Crippen LogP contribution < -0.4 is 4.74 Å². The maximum atomic E-state index is 13.0. The molecule has 0 saturated carbocycles. The predicted molar refractivity (Wildman–Crippen MR) is 101 cm³/mol. The van der Waals surface area contributed by atoms with Crippen LogP contribution >= 0.6 is 0 Å². The molecule has 0 amide bonds. The van der Waals surface area contributed by atoms with Gasteiger partial charge in [0.15, 0.2) is 0 Å². The topological polar surface area (TPSA) is 46.6 Å². The molecule has 4 rings (SSSR count). The average molecular weight is 365 g/mol. The number of benzene rings is 3. The smallest absolute Gasteiger partial charge is 0.243 e. The zero-order chi connectivity index (χ0) is 18.0. The SMILES string of the molecule is O=S(=O)(c1ccc(Oc2ccccc2)cc1)N1CCc2ccccc2C1. The Bertz CT molecular complexity index is 999. The quantitative estimate of drug-likeness (QED) is 0.695. The van der Waals surface area contributed by atoms with Gasteiger partial charge in [0.05, 0.1) is 4.90 Å². The van der Waals surface area contributed by atoms with Gasteiger partial charge in [-0.05, 0) is 53.9 Å². The van der Waals surface area contributed by atoms with E-state index in [9.17, 15) is 8.42 Å². The third kappa shape index (κ3) is 3.36. The highest BCUT2D eigenvalue weighted by Gasteiger charge is 2.28. The second-order valence-electron chi connectivity index (χ2n) is 6.24. The molecule has 0 unspecified atom stereocenters. The van der Waals surface area contributed by atoms with Crippen LogP contribution in [0.4, 0.5) is 0 Å². The van der Waals surface area contributed by atoms with Crippen LogP contribution in [0.1, 0.15) is 11.1 Å². The van der Waals surface area contributed by atoms with Crippen molar-refractivity contribution >= 4 is 10.0 Å². The summed E-state index contributed by atoms with van der Waals surface area (Å²) in [6.45, 7) is 0.919. The number of hydrogen-bond acceptors (Lipinski definition) is 3. The summed E-state index contributed by atoms with van der Waals surface area (Å²) in [5.41, 5.74) is 2.30. The molecule has 4 nitrogen and oxygen atoms in total. The van der Waals surface area contributed by atoms with Crippen molar-refractivity contribution in [2.24, 2.45) is 0 Å². The van der Waals surface area contributed by atoms with Crippen LogP contribution in [-0.4, -0.2) is 19.3 Å². The van der Waals surface area contributed by atoms with Crippen molar-refractivity contribution in [3.8, 4) is 11.5 Å². The zero-order valence-electron chi connectivity index (χ0n) is 14.2. The van der Waals surface area contributed by atoms with Gasteiger partial charge in [-0.3, -0.25) is 0 Å². The Morgan fingerprint density at radius 3 is 2.08 bits per heavy atom. The molecule has 0 saturated heterocycles. The third-order valence-electron chi connectivity index (χ3n) is 4.54. The summed E-state index contributed by atoms with van der Waals surface area (Å²) in [7, 11) is -3.52. The highest BCUT2D eigenvalue weighted by atomic mass is 32.2. The number of fused-ring (bicyclic) bond motifs is 1. The first-order valence-electron chi connectivity index (χ1n) is 8.53.